The summed E-state index contributed by atoms with van der Waals surface area (Å²) in [5, 5.41) is 0. The van der Waals surface area contributed by atoms with Crippen molar-refractivity contribution in [1.29, 1.82) is 0 Å². The lowest BCUT2D eigenvalue weighted by Crippen LogP contribution is -2.19. The SMILES string of the molecule is C1=NC2CCC1c1ccccc12. The highest BCUT2D eigenvalue weighted by Gasteiger charge is 2.28. The van der Waals surface area contributed by atoms with E-state index in [1.165, 1.54) is 24.0 Å². The highest BCUT2D eigenvalue weighted by atomic mass is 14.8. The first kappa shape index (κ1) is 6.41. The minimum Gasteiger partial charge on any atom is -0.289 e. The predicted octanol–water partition coefficient (Wildman–Crippen LogP) is 2.69. The molecular formula is C11H11N. The smallest absolute Gasteiger partial charge is 0.0748 e. The minimum atomic E-state index is 0.478. The third kappa shape index (κ3) is 0.711. The highest BCUT2D eigenvalue weighted by Crippen LogP contribution is 2.42. The van der Waals surface area contributed by atoms with Crippen molar-refractivity contribution in [3.05, 3.63) is 35.4 Å². The molecule has 1 nitrogen and oxygen atoms in total. The van der Waals surface area contributed by atoms with Crippen LogP contribution in [0.15, 0.2) is 29.3 Å². The van der Waals surface area contributed by atoms with Crippen molar-refractivity contribution < 1.29 is 0 Å². The van der Waals surface area contributed by atoms with E-state index in [0.29, 0.717) is 12.0 Å². The van der Waals surface area contributed by atoms with E-state index in [-0.39, 0.29) is 0 Å². The van der Waals surface area contributed by atoms with Crippen LogP contribution in [0.3, 0.4) is 0 Å². The number of fused-ring (bicyclic) bond motifs is 1. The molecule has 0 aromatic heterocycles. The van der Waals surface area contributed by atoms with Gasteiger partial charge in [0.2, 0.25) is 0 Å². The first-order chi connectivity index (χ1) is 5.95. The van der Waals surface area contributed by atoms with Gasteiger partial charge >= 0.3 is 0 Å². The Hall–Kier alpha value is -1.11. The van der Waals surface area contributed by atoms with Crippen molar-refractivity contribution in [2.75, 3.05) is 0 Å². The van der Waals surface area contributed by atoms with Gasteiger partial charge in [0.25, 0.3) is 0 Å². The van der Waals surface area contributed by atoms with Crippen LogP contribution in [0.5, 0.6) is 0 Å². The third-order valence-electron chi connectivity index (χ3n) is 2.95. The van der Waals surface area contributed by atoms with Gasteiger partial charge in [-0.3, -0.25) is 4.99 Å². The van der Waals surface area contributed by atoms with Crippen molar-refractivity contribution in [2.24, 2.45) is 4.99 Å². The van der Waals surface area contributed by atoms with E-state index < -0.39 is 0 Å². The standard InChI is InChI=1S/C11H11N/c1-2-4-10-9(3-1)8-5-6-11(10)12-7-8/h1-4,7-8,11H,5-6H2. The second-order valence-electron chi connectivity index (χ2n) is 3.63. The quantitative estimate of drug-likeness (QED) is 0.549. The topological polar surface area (TPSA) is 12.4 Å². The van der Waals surface area contributed by atoms with Crippen molar-refractivity contribution in [2.45, 2.75) is 24.8 Å². The third-order valence-corrected chi connectivity index (χ3v) is 2.95. The molecule has 2 atom stereocenters. The van der Waals surface area contributed by atoms with Crippen LogP contribution < -0.4 is 0 Å². The normalized spacial score (nSPS) is 30.3. The molecule has 1 aromatic rings. The van der Waals surface area contributed by atoms with Crippen molar-refractivity contribution in [1.82, 2.24) is 0 Å². The highest BCUT2D eigenvalue weighted by molar-refractivity contribution is 5.72. The number of aliphatic imine (C=N–C) groups is 1. The molecule has 0 radical (unpaired) electrons. The van der Waals surface area contributed by atoms with Gasteiger partial charge in [0, 0.05) is 12.1 Å². The maximum absolute atomic E-state index is 4.51. The number of rotatable bonds is 0. The molecule has 3 aliphatic rings. The van der Waals surface area contributed by atoms with Crippen LogP contribution in [0.2, 0.25) is 0 Å². The van der Waals surface area contributed by atoms with E-state index in [4.69, 9.17) is 0 Å². The average molecular weight is 157 g/mol. The lowest BCUT2D eigenvalue weighted by atomic mass is 9.78. The van der Waals surface area contributed by atoms with Gasteiger partial charge in [-0.2, -0.15) is 0 Å². The maximum atomic E-state index is 4.51. The number of nitrogens with zero attached hydrogens (tertiary/aromatic N) is 1. The molecule has 2 unspecified atom stereocenters. The maximum Gasteiger partial charge on any atom is 0.0748 e. The summed E-state index contributed by atoms with van der Waals surface area (Å²) in [5.41, 5.74) is 2.99. The number of hydrogen-bond donors (Lipinski definition) is 0. The number of benzene rings is 1. The van der Waals surface area contributed by atoms with E-state index in [0.717, 1.165) is 0 Å². The summed E-state index contributed by atoms with van der Waals surface area (Å²) in [6.07, 6.45) is 4.68. The fourth-order valence-corrected chi connectivity index (χ4v) is 2.32. The van der Waals surface area contributed by atoms with Gasteiger partial charge in [0.15, 0.2) is 0 Å². The Bertz CT molecular complexity index is 308. The molecule has 0 N–H and O–H groups in total. The predicted molar refractivity (Wildman–Crippen MR) is 49.7 cm³/mol. The summed E-state index contributed by atoms with van der Waals surface area (Å²) in [6, 6.07) is 9.20. The Morgan fingerprint density at radius 3 is 2.58 bits per heavy atom. The van der Waals surface area contributed by atoms with Gasteiger partial charge in [0.1, 0.15) is 0 Å². The molecule has 12 heavy (non-hydrogen) atoms. The Morgan fingerprint density at radius 1 is 1.08 bits per heavy atom. The Labute approximate surface area is 72.1 Å². The number of hydrogen-bond acceptors (Lipinski definition) is 1. The molecule has 60 valence electrons. The Kier molecular flexibility index (Phi) is 1.17. The fraction of sp³-hybridized carbons (Fsp3) is 0.364. The zero-order chi connectivity index (χ0) is 7.97. The lowest BCUT2D eigenvalue weighted by molar-refractivity contribution is 0.526. The molecular weight excluding hydrogens is 146 g/mol. The summed E-state index contributed by atoms with van der Waals surface area (Å²) in [6.45, 7) is 0. The van der Waals surface area contributed by atoms with Crippen LogP contribution in [-0.4, -0.2) is 6.21 Å². The summed E-state index contributed by atoms with van der Waals surface area (Å²) in [7, 11) is 0. The van der Waals surface area contributed by atoms with E-state index in [9.17, 15) is 0 Å². The van der Waals surface area contributed by atoms with Gasteiger partial charge in [0.05, 0.1) is 6.04 Å². The van der Waals surface area contributed by atoms with Crippen LogP contribution in [-0.2, 0) is 0 Å². The van der Waals surface area contributed by atoms with Crippen LogP contribution in [0, 0.1) is 0 Å². The molecule has 4 rings (SSSR count). The summed E-state index contributed by atoms with van der Waals surface area (Å²) in [5.74, 6) is 0.617. The van der Waals surface area contributed by atoms with Gasteiger partial charge < -0.3 is 0 Å². The van der Waals surface area contributed by atoms with Gasteiger partial charge in [-0.15, -0.1) is 0 Å². The molecule has 0 saturated heterocycles. The summed E-state index contributed by atoms with van der Waals surface area (Å²) in [4.78, 5) is 4.51. The molecule has 1 aliphatic carbocycles. The van der Waals surface area contributed by atoms with Crippen LogP contribution >= 0.6 is 0 Å². The Balaban J connectivity index is 2.24. The van der Waals surface area contributed by atoms with Crippen molar-refractivity contribution in [3.8, 4) is 0 Å². The molecule has 0 saturated carbocycles. The van der Waals surface area contributed by atoms with E-state index in [1.807, 2.05) is 0 Å². The van der Waals surface area contributed by atoms with E-state index in [2.05, 4.69) is 35.5 Å². The molecule has 2 aliphatic heterocycles. The summed E-state index contributed by atoms with van der Waals surface area (Å²) < 4.78 is 0. The lowest BCUT2D eigenvalue weighted by Gasteiger charge is -2.32. The zero-order valence-electron chi connectivity index (χ0n) is 6.90. The molecule has 2 bridgehead atoms. The largest absolute Gasteiger partial charge is 0.289 e. The van der Waals surface area contributed by atoms with Crippen LogP contribution in [0.25, 0.3) is 0 Å². The average Bonchev–Trinajstić information content (AvgIpc) is 2.20. The molecule has 0 fully saturated rings. The minimum absolute atomic E-state index is 0.478. The van der Waals surface area contributed by atoms with Gasteiger partial charge in [-0.1, -0.05) is 24.3 Å². The van der Waals surface area contributed by atoms with Gasteiger partial charge in [-0.25, -0.2) is 0 Å². The molecule has 0 amide bonds. The second kappa shape index (κ2) is 2.19. The first-order valence-corrected chi connectivity index (χ1v) is 4.57. The van der Waals surface area contributed by atoms with E-state index in [1.54, 1.807) is 0 Å². The fourth-order valence-electron chi connectivity index (χ4n) is 2.32. The zero-order valence-corrected chi connectivity index (χ0v) is 6.90. The Morgan fingerprint density at radius 2 is 1.92 bits per heavy atom. The van der Waals surface area contributed by atoms with E-state index >= 15 is 0 Å². The molecule has 2 heterocycles. The second-order valence-corrected chi connectivity index (χ2v) is 3.63. The molecule has 0 spiro atoms. The molecule has 1 heteroatoms. The van der Waals surface area contributed by atoms with Crippen molar-refractivity contribution >= 4 is 6.21 Å². The monoisotopic (exact) mass is 157 g/mol. The van der Waals surface area contributed by atoms with Crippen molar-refractivity contribution in [3.63, 3.8) is 0 Å². The van der Waals surface area contributed by atoms with Crippen LogP contribution in [0.4, 0.5) is 0 Å². The van der Waals surface area contributed by atoms with Gasteiger partial charge in [-0.05, 0) is 24.0 Å². The first-order valence-electron chi connectivity index (χ1n) is 4.57. The van der Waals surface area contributed by atoms with Crippen LogP contribution in [0.1, 0.15) is 35.9 Å². The summed E-state index contributed by atoms with van der Waals surface area (Å²) >= 11 is 0. The molecule has 1 aromatic carbocycles.